The molecule has 0 radical (unpaired) electrons. The molecule has 1 atom stereocenters. The van der Waals surface area contributed by atoms with Crippen LogP contribution in [0.2, 0.25) is 0 Å². The Morgan fingerprint density at radius 2 is 1.67 bits per heavy atom. The van der Waals surface area contributed by atoms with Crippen molar-refractivity contribution in [2.75, 3.05) is 11.5 Å². The summed E-state index contributed by atoms with van der Waals surface area (Å²) in [4.78, 5) is 8.63. The van der Waals surface area contributed by atoms with Crippen LogP contribution >= 0.6 is 0 Å². The number of aromatic nitrogens is 2. The highest BCUT2D eigenvalue weighted by atomic mass is 15.0. The number of nitrogens with two attached hydrogens (primary N) is 2. The van der Waals surface area contributed by atoms with Crippen molar-refractivity contribution in [1.82, 2.24) is 9.97 Å². The lowest BCUT2D eigenvalue weighted by atomic mass is 9.83. The number of benzene rings is 1. The molecule has 1 aliphatic carbocycles. The highest BCUT2D eigenvalue weighted by molar-refractivity contribution is 5.42. The Bertz CT molecular complexity index is 560. The van der Waals surface area contributed by atoms with Gasteiger partial charge in [-0.1, -0.05) is 24.3 Å². The van der Waals surface area contributed by atoms with Gasteiger partial charge in [0.15, 0.2) is 0 Å². The topological polar surface area (TPSA) is 77.8 Å². The lowest BCUT2D eigenvalue weighted by Crippen LogP contribution is -2.16. The maximum absolute atomic E-state index is 5.73. The standard InChI is InChI=1S/C14H16N4/c15-12-8-13(16)18-14(17-12)11-6-5-9-3-1-2-4-10(9)7-11/h1-4,8,11H,5-7H2,(H4,15,16,17,18). The van der Waals surface area contributed by atoms with Gasteiger partial charge in [0, 0.05) is 12.0 Å². The summed E-state index contributed by atoms with van der Waals surface area (Å²) in [6, 6.07) is 10.1. The van der Waals surface area contributed by atoms with Crippen LogP contribution in [0.15, 0.2) is 30.3 Å². The number of anilines is 2. The zero-order chi connectivity index (χ0) is 12.5. The van der Waals surface area contributed by atoms with Gasteiger partial charge >= 0.3 is 0 Å². The Morgan fingerprint density at radius 1 is 1.00 bits per heavy atom. The molecule has 0 amide bonds. The van der Waals surface area contributed by atoms with Crippen molar-refractivity contribution in [3.8, 4) is 0 Å². The summed E-state index contributed by atoms with van der Waals surface area (Å²) in [6.07, 6.45) is 3.10. The Balaban J connectivity index is 1.91. The molecule has 1 aromatic heterocycles. The summed E-state index contributed by atoms with van der Waals surface area (Å²) in [5.41, 5.74) is 14.3. The van der Waals surface area contributed by atoms with Crippen LogP contribution in [-0.4, -0.2) is 9.97 Å². The predicted molar refractivity (Wildman–Crippen MR) is 72.1 cm³/mol. The summed E-state index contributed by atoms with van der Waals surface area (Å²) < 4.78 is 0. The van der Waals surface area contributed by atoms with Crippen molar-refractivity contribution >= 4 is 11.6 Å². The minimum absolute atomic E-state index is 0.325. The molecule has 1 aromatic carbocycles. The molecule has 0 bridgehead atoms. The Labute approximate surface area is 106 Å². The van der Waals surface area contributed by atoms with E-state index in [0.717, 1.165) is 25.1 Å². The van der Waals surface area contributed by atoms with E-state index >= 15 is 0 Å². The quantitative estimate of drug-likeness (QED) is 0.798. The van der Waals surface area contributed by atoms with Gasteiger partial charge in [-0.2, -0.15) is 0 Å². The van der Waals surface area contributed by atoms with Gasteiger partial charge in [-0.15, -0.1) is 0 Å². The van der Waals surface area contributed by atoms with Gasteiger partial charge in [0.25, 0.3) is 0 Å². The molecule has 0 fully saturated rings. The lowest BCUT2D eigenvalue weighted by molar-refractivity contribution is 0.556. The maximum Gasteiger partial charge on any atom is 0.136 e. The van der Waals surface area contributed by atoms with Gasteiger partial charge in [0.05, 0.1) is 0 Å². The molecule has 1 aliphatic rings. The van der Waals surface area contributed by atoms with Crippen LogP contribution < -0.4 is 11.5 Å². The molecule has 0 saturated carbocycles. The molecule has 18 heavy (non-hydrogen) atoms. The molecule has 4 heteroatoms. The van der Waals surface area contributed by atoms with E-state index < -0.39 is 0 Å². The molecule has 1 unspecified atom stereocenters. The molecular formula is C14H16N4. The van der Waals surface area contributed by atoms with E-state index in [4.69, 9.17) is 11.5 Å². The summed E-state index contributed by atoms with van der Waals surface area (Å²) in [5.74, 6) is 2.01. The summed E-state index contributed by atoms with van der Waals surface area (Å²) >= 11 is 0. The van der Waals surface area contributed by atoms with Crippen LogP contribution in [0.1, 0.15) is 29.3 Å². The highest BCUT2D eigenvalue weighted by Gasteiger charge is 2.22. The first-order valence-corrected chi connectivity index (χ1v) is 6.19. The molecule has 1 heterocycles. The molecule has 0 saturated heterocycles. The fraction of sp³-hybridized carbons (Fsp3) is 0.286. The monoisotopic (exact) mass is 240 g/mol. The van der Waals surface area contributed by atoms with Crippen molar-refractivity contribution in [3.63, 3.8) is 0 Å². The molecule has 0 aliphatic heterocycles. The molecule has 0 spiro atoms. The van der Waals surface area contributed by atoms with Crippen LogP contribution in [-0.2, 0) is 12.8 Å². The van der Waals surface area contributed by atoms with Crippen LogP contribution in [0.25, 0.3) is 0 Å². The van der Waals surface area contributed by atoms with Crippen molar-refractivity contribution in [2.45, 2.75) is 25.2 Å². The fourth-order valence-corrected chi connectivity index (χ4v) is 2.61. The van der Waals surface area contributed by atoms with Crippen LogP contribution in [0.4, 0.5) is 11.6 Å². The second-order valence-corrected chi connectivity index (χ2v) is 4.78. The number of aryl methyl sites for hydroxylation is 1. The Hall–Kier alpha value is -2.10. The first kappa shape index (κ1) is 11.0. The summed E-state index contributed by atoms with van der Waals surface area (Å²) in [5, 5.41) is 0. The third kappa shape index (κ3) is 2.01. The second kappa shape index (κ2) is 4.29. The number of hydrogen-bond donors (Lipinski definition) is 2. The van der Waals surface area contributed by atoms with E-state index in [2.05, 4.69) is 34.2 Å². The van der Waals surface area contributed by atoms with E-state index in [1.165, 1.54) is 11.1 Å². The van der Waals surface area contributed by atoms with Gasteiger partial charge in [-0.05, 0) is 30.4 Å². The first-order valence-electron chi connectivity index (χ1n) is 6.19. The average molecular weight is 240 g/mol. The molecular weight excluding hydrogens is 224 g/mol. The van der Waals surface area contributed by atoms with Gasteiger partial charge in [0.1, 0.15) is 17.5 Å². The van der Waals surface area contributed by atoms with Gasteiger partial charge in [0.2, 0.25) is 0 Å². The third-order valence-corrected chi connectivity index (χ3v) is 3.50. The zero-order valence-electron chi connectivity index (χ0n) is 10.1. The SMILES string of the molecule is Nc1cc(N)nc(C2CCc3ccccc3C2)n1. The number of rotatable bonds is 1. The number of nitrogens with zero attached hydrogens (tertiary/aromatic N) is 2. The Morgan fingerprint density at radius 3 is 2.39 bits per heavy atom. The smallest absolute Gasteiger partial charge is 0.136 e. The number of fused-ring (bicyclic) bond motifs is 1. The summed E-state index contributed by atoms with van der Waals surface area (Å²) in [7, 11) is 0. The minimum atomic E-state index is 0.325. The third-order valence-electron chi connectivity index (χ3n) is 3.50. The maximum atomic E-state index is 5.73. The average Bonchev–Trinajstić information content (AvgIpc) is 2.37. The predicted octanol–water partition coefficient (Wildman–Crippen LogP) is 1.91. The minimum Gasteiger partial charge on any atom is -0.384 e. The van der Waals surface area contributed by atoms with Gasteiger partial charge in [-0.3, -0.25) is 0 Å². The molecule has 2 aromatic rings. The Kier molecular flexibility index (Phi) is 2.63. The normalized spacial score (nSPS) is 18.3. The zero-order valence-corrected chi connectivity index (χ0v) is 10.1. The summed E-state index contributed by atoms with van der Waals surface area (Å²) in [6.45, 7) is 0. The van der Waals surface area contributed by atoms with Crippen molar-refractivity contribution in [3.05, 3.63) is 47.3 Å². The van der Waals surface area contributed by atoms with Gasteiger partial charge in [-0.25, -0.2) is 9.97 Å². The largest absolute Gasteiger partial charge is 0.384 e. The first-order chi connectivity index (χ1) is 8.72. The van der Waals surface area contributed by atoms with E-state index in [0.29, 0.717) is 17.6 Å². The van der Waals surface area contributed by atoms with Crippen LogP contribution in [0.5, 0.6) is 0 Å². The molecule has 92 valence electrons. The highest BCUT2D eigenvalue weighted by Crippen LogP contribution is 2.31. The fourth-order valence-electron chi connectivity index (χ4n) is 2.61. The van der Waals surface area contributed by atoms with Gasteiger partial charge < -0.3 is 11.5 Å². The second-order valence-electron chi connectivity index (χ2n) is 4.78. The van der Waals surface area contributed by atoms with E-state index in [1.54, 1.807) is 6.07 Å². The van der Waals surface area contributed by atoms with Crippen molar-refractivity contribution < 1.29 is 0 Å². The molecule has 4 nitrogen and oxygen atoms in total. The number of nitrogen functional groups attached to an aromatic ring is 2. The van der Waals surface area contributed by atoms with E-state index in [1.807, 2.05) is 0 Å². The molecule has 4 N–H and O–H groups in total. The number of hydrogen-bond acceptors (Lipinski definition) is 4. The molecule has 3 rings (SSSR count). The van der Waals surface area contributed by atoms with Crippen molar-refractivity contribution in [1.29, 1.82) is 0 Å². The lowest BCUT2D eigenvalue weighted by Gasteiger charge is -2.23. The van der Waals surface area contributed by atoms with Crippen LogP contribution in [0.3, 0.4) is 0 Å². The van der Waals surface area contributed by atoms with E-state index in [9.17, 15) is 0 Å². The van der Waals surface area contributed by atoms with Crippen molar-refractivity contribution in [2.24, 2.45) is 0 Å². The van der Waals surface area contributed by atoms with Crippen LogP contribution in [0, 0.1) is 0 Å². The van der Waals surface area contributed by atoms with E-state index in [-0.39, 0.29) is 0 Å².